The Bertz CT molecular complexity index is 491. The Labute approximate surface area is 95.8 Å². The van der Waals surface area contributed by atoms with Crippen molar-refractivity contribution in [2.24, 2.45) is 0 Å². The van der Waals surface area contributed by atoms with Crippen molar-refractivity contribution in [1.82, 2.24) is 0 Å². The first-order valence-electron chi connectivity index (χ1n) is 4.26. The Hall–Kier alpha value is -1.32. The van der Waals surface area contributed by atoms with E-state index >= 15 is 0 Å². The lowest BCUT2D eigenvalue weighted by atomic mass is 10.1. The van der Waals surface area contributed by atoms with Crippen molar-refractivity contribution in [2.75, 3.05) is 0 Å². The van der Waals surface area contributed by atoms with Gasteiger partial charge in [0.2, 0.25) is 0 Å². The van der Waals surface area contributed by atoms with Crippen LogP contribution in [0.15, 0.2) is 36.4 Å². The lowest BCUT2D eigenvalue weighted by Crippen LogP contribution is -1.89. The van der Waals surface area contributed by atoms with Crippen LogP contribution < -0.4 is 0 Å². The number of thiophene rings is 1. The summed E-state index contributed by atoms with van der Waals surface area (Å²) in [5.74, 6) is -0.941. The van der Waals surface area contributed by atoms with E-state index in [2.05, 4.69) is 0 Å². The van der Waals surface area contributed by atoms with E-state index in [1.807, 2.05) is 30.3 Å². The fourth-order valence-corrected chi connectivity index (χ4v) is 2.45. The molecule has 2 aromatic rings. The number of carbonyl (C=O) groups is 1. The summed E-state index contributed by atoms with van der Waals surface area (Å²) in [7, 11) is 0. The van der Waals surface area contributed by atoms with E-state index < -0.39 is 5.97 Å². The maximum absolute atomic E-state index is 10.7. The second-order valence-corrected chi connectivity index (χ2v) is 4.62. The summed E-state index contributed by atoms with van der Waals surface area (Å²) in [5.41, 5.74) is 1.71. The maximum Gasteiger partial charge on any atom is 0.345 e. The summed E-state index contributed by atoms with van der Waals surface area (Å²) in [6, 6.07) is 11.1. The Morgan fingerprint density at radius 3 is 2.47 bits per heavy atom. The minimum absolute atomic E-state index is 0.263. The highest BCUT2D eigenvalue weighted by Crippen LogP contribution is 2.35. The second-order valence-electron chi connectivity index (χ2n) is 2.97. The molecule has 1 aromatic carbocycles. The van der Waals surface area contributed by atoms with Gasteiger partial charge in [0.15, 0.2) is 0 Å². The van der Waals surface area contributed by atoms with Crippen molar-refractivity contribution in [1.29, 1.82) is 0 Å². The van der Waals surface area contributed by atoms with E-state index in [0.29, 0.717) is 4.34 Å². The van der Waals surface area contributed by atoms with Crippen molar-refractivity contribution in [3.63, 3.8) is 0 Å². The molecule has 0 saturated heterocycles. The Morgan fingerprint density at radius 2 is 1.93 bits per heavy atom. The van der Waals surface area contributed by atoms with E-state index in [-0.39, 0.29) is 4.88 Å². The van der Waals surface area contributed by atoms with Crippen LogP contribution >= 0.6 is 22.9 Å². The van der Waals surface area contributed by atoms with Crippen molar-refractivity contribution in [2.45, 2.75) is 0 Å². The van der Waals surface area contributed by atoms with Crippen LogP contribution in [0.4, 0.5) is 0 Å². The molecule has 1 aromatic heterocycles. The molecule has 0 aliphatic heterocycles. The molecule has 0 aliphatic carbocycles. The number of benzene rings is 1. The van der Waals surface area contributed by atoms with Gasteiger partial charge < -0.3 is 5.11 Å². The Balaban J connectivity index is 2.50. The summed E-state index contributed by atoms with van der Waals surface area (Å²) in [6.45, 7) is 0. The lowest BCUT2D eigenvalue weighted by molar-refractivity contribution is 0.0702. The highest BCUT2D eigenvalue weighted by Gasteiger charge is 2.13. The third-order valence-electron chi connectivity index (χ3n) is 1.98. The van der Waals surface area contributed by atoms with E-state index in [4.69, 9.17) is 16.7 Å². The number of hydrogen-bond donors (Lipinski definition) is 1. The maximum atomic E-state index is 10.7. The van der Waals surface area contributed by atoms with Crippen molar-refractivity contribution >= 4 is 28.9 Å². The molecule has 1 heterocycles. The summed E-state index contributed by atoms with van der Waals surface area (Å²) in [4.78, 5) is 11.0. The average Bonchev–Trinajstić information content (AvgIpc) is 2.62. The Morgan fingerprint density at radius 1 is 1.27 bits per heavy atom. The van der Waals surface area contributed by atoms with Gasteiger partial charge in [-0.2, -0.15) is 0 Å². The smallest absolute Gasteiger partial charge is 0.345 e. The topological polar surface area (TPSA) is 37.3 Å². The van der Waals surface area contributed by atoms with Gasteiger partial charge in [-0.3, -0.25) is 0 Å². The number of rotatable bonds is 2. The van der Waals surface area contributed by atoms with E-state index in [1.54, 1.807) is 6.07 Å². The molecule has 0 bridgehead atoms. The molecule has 1 N–H and O–H groups in total. The number of carboxylic acids is 1. The second kappa shape index (κ2) is 4.04. The molecule has 76 valence electrons. The van der Waals surface area contributed by atoms with Gasteiger partial charge in [0.25, 0.3) is 0 Å². The van der Waals surface area contributed by atoms with Gasteiger partial charge in [-0.25, -0.2) is 4.79 Å². The molecule has 0 saturated carbocycles. The monoisotopic (exact) mass is 238 g/mol. The van der Waals surface area contributed by atoms with Crippen molar-refractivity contribution < 1.29 is 9.90 Å². The van der Waals surface area contributed by atoms with Crippen LogP contribution in [0.2, 0.25) is 4.34 Å². The normalized spacial score (nSPS) is 10.2. The van der Waals surface area contributed by atoms with Gasteiger partial charge >= 0.3 is 5.97 Å². The zero-order valence-electron chi connectivity index (χ0n) is 7.61. The van der Waals surface area contributed by atoms with E-state index in [9.17, 15) is 4.79 Å². The van der Waals surface area contributed by atoms with Gasteiger partial charge in [-0.15, -0.1) is 11.3 Å². The minimum atomic E-state index is -0.941. The SMILES string of the molecule is O=C(O)c1cc(-c2ccccc2)c(Cl)s1. The highest BCUT2D eigenvalue weighted by molar-refractivity contribution is 7.18. The van der Waals surface area contributed by atoms with E-state index in [0.717, 1.165) is 22.5 Å². The van der Waals surface area contributed by atoms with Crippen LogP contribution in [0.3, 0.4) is 0 Å². The van der Waals surface area contributed by atoms with Gasteiger partial charge in [0, 0.05) is 5.56 Å². The predicted octanol–water partition coefficient (Wildman–Crippen LogP) is 3.77. The zero-order chi connectivity index (χ0) is 10.8. The Kier molecular flexibility index (Phi) is 2.75. The third-order valence-corrected chi connectivity index (χ3v) is 3.33. The number of carboxylic acid groups (broad SMARTS) is 1. The number of hydrogen-bond acceptors (Lipinski definition) is 2. The first-order chi connectivity index (χ1) is 7.18. The lowest BCUT2D eigenvalue weighted by Gasteiger charge is -1.96. The summed E-state index contributed by atoms with van der Waals surface area (Å²) < 4.78 is 0.513. The molecule has 4 heteroatoms. The average molecular weight is 239 g/mol. The first-order valence-corrected chi connectivity index (χ1v) is 5.46. The van der Waals surface area contributed by atoms with Crippen LogP contribution in [-0.4, -0.2) is 11.1 Å². The summed E-state index contributed by atoms with van der Waals surface area (Å²) in [6.07, 6.45) is 0. The zero-order valence-corrected chi connectivity index (χ0v) is 9.18. The van der Waals surface area contributed by atoms with Crippen LogP contribution in [0.25, 0.3) is 11.1 Å². The van der Waals surface area contributed by atoms with Crippen molar-refractivity contribution in [3.8, 4) is 11.1 Å². The molecule has 0 atom stereocenters. The van der Waals surface area contributed by atoms with Gasteiger partial charge in [0.05, 0.1) is 0 Å². The quantitative estimate of drug-likeness (QED) is 0.865. The molecule has 0 amide bonds. The third kappa shape index (κ3) is 2.03. The molecule has 2 rings (SSSR count). The number of aromatic carboxylic acids is 1. The van der Waals surface area contributed by atoms with Crippen LogP contribution in [0, 0.1) is 0 Å². The minimum Gasteiger partial charge on any atom is -0.477 e. The summed E-state index contributed by atoms with van der Waals surface area (Å²) in [5, 5.41) is 8.82. The fourth-order valence-electron chi connectivity index (χ4n) is 1.29. The van der Waals surface area contributed by atoms with Crippen LogP contribution in [0.1, 0.15) is 9.67 Å². The molecule has 0 radical (unpaired) electrons. The van der Waals surface area contributed by atoms with Gasteiger partial charge in [0.1, 0.15) is 9.21 Å². The molecule has 0 spiro atoms. The molecular weight excluding hydrogens is 232 g/mol. The molecular formula is C11H7ClO2S. The highest BCUT2D eigenvalue weighted by atomic mass is 35.5. The number of halogens is 1. The van der Waals surface area contributed by atoms with Crippen LogP contribution in [-0.2, 0) is 0 Å². The predicted molar refractivity (Wildman–Crippen MR) is 61.7 cm³/mol. The van der Waals surface area contributed by atoms with Crippen LogP contribution in [0.5, 0.6) is 0 Å². The van der Waals surface area contributed by atoms with Crippen molar-refractivity contribution in [3.05, 3.63) is 45.6 Å². The largest absolute Gasteiger partial charge is 0.477 e. The first kappa shape index (κ1) is 10.2. The molecule has 0 aliphatic rings. The molecule has 2 nitrogen and oxygen atoms in total. The molecule has 15 heavy (non-hydrogen) atoms. The van der Waals surface area contributed by atoms with Gasteiger partial charge in [-0.1, -0.05) is 41.9 Å². The van der Waals surface area contributed by atoms with E-state index in [1.165, 1.54) is 0 Å². The molecule has 0 unspecified atom stereocenters. The standard InChI is InChI=1S/C11H7ClO2S/c12-10-8(6-9(15-10)11(13)14)7-4-2-1-3-5-7/h1-6H,(H,13,14). The van der Waals surface area contributed by atoms with Gasteiger partial charge in [-0.05, 0) is 11.6 Å². The summed E-state index contributed by atoms with van der Waals surface area (Å²) >= 11 is 7.06. The fraction of sp³-hybridized carbons (Fsp3) is 0. The molecule has 0 fully saturated rings.